The van der Waals surface area contributed by atoms with Crippen LogP contribution in [0.4, 0.5) is 10.5 Å². The van der Waals surface area contributed by atoms with Gasteiger partial charge < -0.3 is 10.6 Å². The number of hydrogen-bond donors (Lipinski definition) is 2. The molecule has 2 aromatic rings. The van der Waals surface area contributed by atoms with Gasteiger partial charge in [-0.3, -0.25) is 4.98 Å². The summed E-state index contributed by atoms with van der Waals surface area (Å²) >= 11 is 0. The van der Waals surface area contributed by atoms with Gasteiger partial charge in [0.15, 0.2) is 0 Å². The Hall–Kier alpha value is -2.36. The lowest BCUT2D eigenvalue weighted by atomic mass is 10.0. The van der Waals surface area contributed by atoms with Crippen LogP contribution in [-0.4, -0.2) is 18.1 Å². The third kappa shape index (κ3) is 2.66. The van der Waals surface area contributed by atoms with Gasteiger partial charge in [0.2, 0.25) is 0 Å². The SMILES string of the molecule is CNC(=O)Nc1ccc(C)c(-c2ccncc2)c1. The predicted octanol–water partition coefficient (Wildman–Crippen LogP) is 2.81. The van der Waals surface area contributed by atoms with Gasteiger partial charge in [-0.1, -0.05) is 6.07 Å². The Morgan fingerprint density at radius 2 is 1.89 bits per heavy atom. The van der Waals surface area contributed by atoms with E-state index in [1.54, 1.807) is 19.4 Å². The van der Waals surface area contributed by atoms with Gasteiger partial charge in [0, 0.05) is 25.1 Å². The van der Waals surface area contributed by atoms with Crippen LogP contribution < -0.4 is 10.6 Å². The van der Waals surface area contributed by atoms with E-state index >= 15 is 0 Å². The molecule has 1 aromatic heterocycles. The lowest BCUT2D eigenvalue weighted by Gasteiger charge is -2.10. The third-order valence-corrected chi connectivity index (χ3v) is 2.71. The second-order valence-electron chi connectivity index (χ2n) is 3.97. The van der Waals surface area contributed by atoms with E-state index in [4.69, 9.17) is 0 Å². The van der Waals surface area contributed by atoms with Gasteiger partial charge in [-0.15, -0.1) is 0 Å². The number of carbonyl (C=O) groups is 1. The van der Waals surface area contributed by atoms with Crippen molar-refractivity contribution >= 4 is 11.7 Å². The van der Waals surface area contributed by atoms with Crippen LogP contribution in [0.3, 0.4) is 0 Å². The highest BCUT2D eigenvalue weighted by Gasteiger charge is 2.05. The average Bonchev–Trinajstić information content (AvgIpc) is 2.42. The van der Waals surface area contributed by atoms with Gasteiger partial charge >= 0.3 is 6.03 Å². The van der Waals surface area contributed by atoms with Crippen LogP contribution in [-0.2, 0) is 0 Å². The highest BCUT2D eigenvalue weighted by Crippen LogP contribution is 2.25. The first-order chi connectivity index (χ1) is 8.70. The molecule has 0 aliphatic rings. The fraction of sp³-hybridized carbons (Fsp3) is 0.143. The number of nitrogens with zero attached hydrogens (tertiary/aromatic N) is 1. The number of anilines is 1. The summed E-state index contributed by atoms with van der Waals surface area (Å²) in [7, 11) is 1.59. The molecular weight excluding hydrogens is 226 g/mol. The smallest absolute Gasteiger partial charge is 0.318 e. The average molecular weight is 241 g/mol. The molecule has 0 spiro atoms. The lowest BCUT2D eigenvalue weighted by molar-refractivity contribution is 0.254. The molecule has 18 heavy (non-hydrogen) atoms. The van der Waals surface area contributed by atoms with E-state index in [2.05, 4.69) is 15.6 Å². The fourth-order valence-electron chi connectivity index (χ4n) is 1.74. The summed E-state index contributed by atoms with van der Waals surface area (Å²) in [6, 6.07) is 9.51. The molecule has 0 atom stereocenters. The van der Waals surface area contributed by atoms with Crippen molar-refractivity contribution in [1.29, 1.82) is 0 Å². The summed E-state index contributed by atoms with van der Waals surface area (Å²) in [5.74, 6) is 0. The Morgan fingerprint density at radius 1 is 1.17 bits per heavy atom. The Balaban J connectivity index is 2.36. The van der Waals surface area contributed by atoms with Crippen LogP contribution in [0.2, 0.25) is 0 Å². The zero-order valence-electron chi connectivity index (χ0n) is 10.4. The third-order valence-electron chi connectivity index (χ3n) is 2.71. The minimum atomic E-state index is -0.223. The molecule has 2 amide bonds. The monoisotopic (exact) mass is 241 g/mol. The van der Waals surface area contributed by atoms with Crippen molar-refractivity contribution in [2.24, 2.45) is 0 Å². The number of benzene rings is 1. The molecule has 0 bridgehead atoms. The number of hydrogen-bond acceptors (Lipinski definition) is 2. The van der Waals surface area contributed by atoms with E-state index in [1.807, 2.05) is 37.3 Å². The molecule has 0 aliphatic carbocycles. The molecular formula is C14H15N3O. The molecule has 0 saturated carbocycles. The Labute approximate surface area is 106 Å². The van der Waals surface area contributed by atoms with Gasteiger partial charge in [-0.25, -0.2) is 4.79 Å². The largest absolute Gasteiger partial charge is 0.341 e. The van der Waals surface area contributed by atoms with Gasteiger partial charge in [-0.2, -0.15) is 0 Å². The van der Waals surface area contributed by atoms with Gasteiger partial charge in [0.25, 0.3) is 0 Å². The van der Waals surface area contributed by atoms with Crippen LogP contribution in [0.15, 0.2) is 42.7 Å². The fourth-order valence-corrected chi connectivity index (χ4v) is 1.74. The molecule has 0 fully saturated rings. The van der Waals surface area contributed by atoms with Crippen LogP contribution in [0, 0.1) is 6.92 Å². The summed E-state index contributed by atoms with van der Waals surface area (Å²) in [4.78, 5) is 15.3. The quantitative estimate of drug-likeness (QED) is 0.849. The van der Waals surface area contributed by atoms with Crippen molar-refractivity contribution in [3.05, 3.63) is 48.3 Å². The number of amides is 2. The van der Waals surface area contributed by atoms with Crippen LogP contribution in [0.1, 0.15) is 5.56 Å². The van der Waals surface area contributed by atoms with Crippen LogP contribution >= 0.6 is 0 Å². The normalized spacial score (nSPS) is 9.89. The van der Waals surface area contributed by atoms with E-state index in [0.29, 0.717) is 0 Å². The first kappa shape index (κ1) is 12.1. The van der Waals surface area contributed by atoms with E-state index in [-0.39, 0.29) is 6.03 Å². The topological polar surface area (TPSA) is 54.0 Å². The minimum Gasteiger partial charge on any atom is -0.341 e. The maximum absolute atomic E-state index is 11.3. The zero-order valence-corrected chi connectivity index (χ0v) is 10.4. The number of aromatic nitrogens is 1. The molecule has 4 heteroatoms. The molecule has 0 saturated heterocycles. The molecule has 92 valence electrons. The van der Waals surface area contributed by atoms with Crippen molar-refractivity contribution in [2.75, 3.05) is 12.4 Å². The molecule has 2 N–H and O–H groups in total. The standard InChI is InChI=1S/C14H15N3O/c1-10-3-4-12(17-14(18)15-2)9-13(10)11-5-7-16-8-6-11/h3-9H,1-2H3,(H2,15,17,18). The van der Waals surface area contributed by atoms with Crippen LogP contribution in [0.25, 0.3) is 11.1 Å². The number of aryl methyl sites for hydroxylation is 1. The molecule has 0 radical (unpaired) electrons. The van der Waals surface area contributed by atoms with E-state index < -0.39 is 0 Å². The lowest BCUT2D eigenvalue weighted by Crippen LogP contribution is -2.24. The number of carbonyl (C=O) groups excluding carboxylic acids is 1. The van der Waals surface area contributed by atoms with E-state index in [0.717, 1.165) is 22.4 Å². The Morgan fingerprint density at radius 3 is 2.56 bits per heavy atom. The van der Waals surface area contributed by atoms with Gasteiger partial charge in [-0.05, 0) is 47.9 Å². The van der Waals surface area contributed by atoms with Crippen molar-refractivity contribution in [1.82, 2.24) is 10.3 Å². The Bertz CT molecular complexity index is 552. The molecule has 2 rings (SSSR count). The predicted molar refractivity (Wildman–Crippen MR) is 72.5 cm³/mol. The van der Waals surface area contributed by atoms with E-state index in [9.17, 15) is 4.79 Å². The van der Waals surface area contributed by atoms with Crippen molar-refractivity contribution in [3.63, 3.8) is 0 Å². The first-order valence-electron chi connectivity index (χ1n) is 5.70. The highest BCUT2D eigenvalue weighted by molar-refractivity contribution is 5.90. The number of rotatable bonds is 2. The second kappa shape index (κ2) is 5.31. The first-order valence-corrected chi connectivity index (χ1v) is 5.70. The summed E-state index contributed by atoms with van der Waals surface area (Å²) in [5.41, 5.74) is 4.10. The second-order valence-corrected chi connectivity index (χ2v) is 3.97. The van der Waals surface area contributed by atoms with Crippen molar-refractivity contribution in [2.45, 2.75) is 6.92 Å². The van der Waals surface area contributed by atoms with Gasteiger partial charge in [0.05, 0.1) is 0 Å². The maximum Gasteiger partial charge on any atom is 0.318 e. The van der Waals surface area contributed by atoms with Gasteiger partial charge in [0.1, 0.15) is 0 Å². The minimum absolute atomic E-state index is 0.223. The molecule has 1 heterocycles. The number of nitrogens with one attached hydrogen (secondary N) is 2. The Kier molecular flexibility index (Phi) is 3.57. The zero-order chi connectivity index (χ0) is 13.0. The number of pyridine rings is 1. The molecule has 1 aromatic carbocycles. The maximum atomic E-state index is 11.3. The summed E-state index contributed by atoms with van der Waals surface area (Å²) in [6.07, 6.45) is 3.52. The summed E-state index contributed by atoms with van der Waals surface area (Å²) in [5, 5.41) is 5.29. The van der Waals surface area contributed by atoms with Crippen molar-refractivity contribution < 1.29 is 4.79 Å². The van der Waals surface area contributed by atoms with Crippen LogP contribution in [0.5, 0.6) is 0 Å². The summed E-state index contributed by atoms with van der Waals surface area (Å²) in [6.45, 7) is 2.04. The molecule has 0 unspecified atom stereocenters. The van der Waals surface area contributed by atoms with E-state index in [1.165, 1.54) is 0 Å². The summed E-state index contributed by atoms with van der Waals surface area (Å²) < 4.78 is 0. The number of urea groups is 1. The highest BCUT2D eigenvalue weighted by atomic mass is 16.2. The molecule has 4 nitrogen and oxygen atoms in total. The molecule has 0 aliphatic heterocycles. The van der Waals surface area contributed by atoms with Crippen molar-refractivity contribution in [3.8, 4) is 11.1 Å².